The SMILES string of the molecule is C=C(Cc1cccc(S(=O)(=O)N2CCC(Nc3ncc(OC(F)F)cn3)CC2)c1)CN1CCC(c2ccc3c(N4CCC(=O)NC4=O)nn(C)c3c2)CC1. The van der Waals surface area contributed by atoms with Crippen molar-refractivity contribution in [1.82, 2.24) is 34.3 Å². The van der Waals surface area contributed by atoms with Crippen molar-refractivity contribution in [2.75, 3.05) is 49.5 Å². The fraction of sp³-hybridized carbons (Fsp3) is 0.432. The molecule has 17 heteroatoms. The Labute approximate surface area is 312 Å². The van der Waals surface area contributed by atoms with Gasteiger partial charge in [-0.15, -0.1) is 0 Å². The van der Waals surface area contributed by atoms with Gasteiger partial charge in [0.25, 0.3) is 0 Å². The Hall–Kier alpha value is -5.00. The van der Waals surface area contributed by atoms with Gasteiger partial charge in [0.15, 0.2) is 11.6 Å². The second-order valence-electron chi connectivity index (χ2n) is 14.0. The molecule has 3 saturated heterocycles. The van der Waals surface area contributed by atoms with Crippen LogP contribution < -0.4 is 20.3 Å². The number of anilines is 2. The summed E-state index contributed by atoms with van der Waals surface area (Å²) in [5.74, 6) is 0.786. The number of urea groups is 1. The highest BCUT2D eigenvalue weighted by Gasteiger charge is 2.31. The van der Waals surface area contributed by atoms with Crippen LogP contribution in [0.1, 0.15) is 49.1 Å². The van der Waals surface area contributed by atoms with Crippen molar-refractivity contribution in [2.24, 2.45) is 7.05 Å². The number of halogens is 2. The van der Waals surface area contributed by atoms with Crippen molar-refractivity contribution in [3.63, 3.8) is 0 Å². The molecule has 0 atom stereocenters. The number of amides is 3. The van der Waals surface area contributed by atoms with Crippen molar-refractivity contribution >= 4 is 44.6 Å². The number of sulfonamides is 1. The van der Waals surface area contributed by atoms with E-state index in [2.05, 4.69) is 54.0 Å². The zero-order valence-corrected chi connectivity index (χ0v) is 30.8. The Morgan fingerprint density at radius 3 is 2.46 bits per heavy atom. The molecule has 3 fully saturated rings. The smallest absolute Gasteiger partial charge is 0.387 e. The highest BCUT2D eigenvalue weighted by molar-refractivity contribution is 7.89. The number of carbonyl (C=O) groups excluding carboxylic acids is 2. The number of likely N-dealkylation sites (tertiary alicyclic amines) is 1. The molecule has 14 nitrogen and oxygen atoms in total. The first-order valence-electron chi connectivity index (χ1n) is 18.0. The molecule has 3 aliphatic rings. The van der Waals surface area contributed by atoms with E-state index in [9.17, 15) is 26.8 Å². The van der Waals surface area contributed by atoms with E-state index in [1.54, 1.807) is 22.9 Å². The molecule has 2 aromatic carbocycles. The van der Waals surface area contributed by atoms with Gasteiger partial charge in [-0.05, 0) is 86.5 Å². The Morgan fingerprint density at radius 2 is 1.76 bits per heavy atom. The topological polar surface area (TPSA) is 155 Å². The van der Waals surface area contributed by atoms with E-state index in [-0.39, 0.29) is 35.0 Å². The lowest BCUT2D eigenvalue weighted by atomic mass is 9.88. The molecule has 0 radical (unpaired) electrons. The van der Waals surface area contributed by atoms with Gasteiger partial charge < -0.3 is 10.1 Å². The summed E-state index contributed by atoms with van der Waals surface area (Å²) in [7, 11) is -1.85. The van der Waals surface area contributed by atoms with Crippen molar-refractivity contribution < 1.29 is 31.5 Å². The molecule has 0 saturated carbocycles. The predicted molar refractivity (Wildman–Crippen MR) is 198 cm³/mol. The van der Waals surface area contributed by atoms with Gasteiger partial charge in [0.1, 0.15) is 0 Å². The van der Waals surface area contributed by atoms with Gasteiger partial charge in [0, 0.05) is 51.1 Å². The minimum Gasteiger partial charge on any atom is -0.432 e. The maximum Gasteiger partial charge on any atom is 0.387 e. The van der Waals surface area contributed by atoms with Gasteiger partial charge in [-0.25, -0.2) is 23.2 Å². The van der Waals surface area contributed by atoms with E-state index in [0.29, 0.717) is 50.6 Å². The van der Waals surface area contributed by atoms with Crippen LogP contribution in [0.3, 0.4) is 0 Å². The predicted octanol–water partition coefficient (Wildman–Crippen LogP) is 4.65. The van der Waals surface area contributed by atoms with Crippen molar-refractivity contribution in [3.05, 3.63) is 78.1 Å². The summed E-state index contributed by atoms with van der Waals surface area (Å²) in [6, 6.07) is 12.9. The summed E-state index contributed by atoms with van der Waals surface area (Å²) in [5.41, 5.74) is 4.07. The van der Waals surface area contributed by atoms with Crippen LogP contribution in [0.25, 0.3) is 10.9 Å². The maximum atomic E-state index is 13.6. The molecular formula is C37H43F2N9O5S. The molecule has 4 aromatic rings. The maximum absolute atomic E-state index is 13.6. The van der Waals surface area contributed by atoms with Crippen molar-refractivity contribution in [1.29, 1.82) is 0 Å². The number of aromatic nitrogens is 4. The summed E-state index contributed by atoms with van der Waals surface area (Å²) >= 11 is 0. The Balaban J connectivity index is 0.890. The first-order chi connectivity index (χ1) is 25.9. The van der Waals surface area contributed by atoms with Gasteiger partial charge in [-0.2, -0.15) is 18.2 Å². The number of hydrogen-bond donors (Lipinski definition) is 2. The van der Waals surface area contributed by atoms with E-state index in [1.807, 2.05) is 19.2 Å². The van der Waals surface area contributed by atoms with Crippen LogP contribution >= 0.6 is 0 Å². The number of carbonyl (C=O) groups is 2. The van der Waals surface area contributed by atoms with Crippen LogP contribution in [0.5, 0.6) is 5.75 Å². The molecule has 5 heterocycles. The largest absolute Gasteiger partial charge is 0.432 e. The summed E-state index contributed by atoms with van der Waals surface area (Å²) in [5, 5.41) is 11.0. The number of nitrogens with one attached hydrogen (secondary N) is 2. The van der Waals surface area contributed by atoms with E-state index in [0.717, 1.165) is 54.5 Å². The van der Waals surface area contributed by atoms with Gasteiger partial charge in [0.05, 0.1) is 22.8 Å². The number of aryl methyl sites for hydroxylation is 1. The van der Waals surface area contributed by atoms with E-state index >= 15 is 0 Å². The molecule has 0 unspecified atom stereocenters. The highest BCUT2D eigenvalue weighted by Crippen LogP contribution is 2.34. The second-order valence-corrected chi connectivity index (χ2v) is 16.0. The van der Waals surface area contributed by atoms with E-state index < -0.39 is 22.7 Å². The Kier molecular flexibility index (Phi) is 10.9. The number of rotatable bonds is 12. The monoisotopic (exact) mass is 763 g/mol. The summed E-state index contributed by atoms with van der Waals surface area (Å²) < 4.78 is 59.6. The van der Waals surface area contributed by atoms with E-state index in [4.69, 9.17) is 0 Å². The molecule has 286 valence electrons. The van der Waals surface area contributed by atoms with Crippen LogP contribution in [0.15, 0.2) is 71.9 Å². The number of fused-ring (bicyclic) bond motifs is 1. The van der Waals surface area contributed by atoms with E-state index in [1.165, 1.54) is 27.2 Å². The fourth-order valence-corrected chi connectivity index (χ4v) is 9.04. The summed E-state index contributed by atoms with van der Waals surface area (Å²) in [6.07, 6.45) is 6.17. The lowest BCUT2D eigenvalue weighted by Gasteiger charge is -2.33. The third kappa shape index (κ3) is 8.37. The number of ether oxygens (including phenoxy) is 1. The zero-order chi connectivity index (χ0) is 38.0. The average Bonchev–Trinajstić information content (AvgIpc) is 3.47. The third-order valence-corrected chi connectivity index (χ3v) is 12.2. The third-order valence-electron chi connectivity index (χ3n) is 10.3. The van der Waals surface area contributed by atoms with Gasteiger partial charge >= 0.3 is 12.6 Å². The molecule has 54 heavy (non-hydrogen) atoms. The van der Waals surface area contributed by atoms with Crippen LogP contribution in [-0.2, 0) is 28.3 Å². The number of imide groups is 1. The Bertz CT molecular complexity index is 2130. The van der Waals surface area contributed by atoms with Crippen LogP contribution in [0.2, 0.25) is 0 Å². The van der Waals surface area contributed by atoms with Crippen molar-refractivity contribution in [2.45, 2.75) is 62.0 Å². The highest BCUT2D eigenvalue weighted by atomic mass is 32.2. The first kappa shape index (κ1) is 37.3. The minimum atomic E-state index is -3.71. The van der Waals surface area contributed by atoms with Gasteiger partial charge in [-0.3, -0.25) is 24.6 Å². The first-order valence-corrected chi connectivity index (χ1v) is 19.5. The number of benzene rings is 2. The second kappa shape index (κ2) is 15.8. The molecule has 3 amide bonds. The molecule has 3 aliphatic heterocycles. The molecule has 2 aromatic heterocycles. The minimum absolute atomic E-state index is 0.0683. The summed E-state index contributed by atoms with van der Waals surface area (Å²) in [6.45, 7) is 4.85. The van der Waals surface area contributed by atoms with Gasteiger partial charge in [-0.1, -0.05) is 30.4 Å². The number of nitrogens with zero attached hydrogens (tertiary/aromatic N) is 7. The van der Waals surface area contributed by atoms with Gasteiger partial charge in [0.2, 0.25) is 21.9 Å². The Morgan fingerprint density at radius 1 is 1.02 bits per heavy atom. The fourth-order valence-electron chi connectivity index (χ4n) is 7.50. The molecule has 0 bridgehead atoms. The molecule has 7 rings (SSSR count). The zero-order valence-electron chi connectivity index (χ0n) is 30.0. The van der Waals surface area contributed by atoms with Crippen LogP contribution in [0.4, 0.5) is 25.3 Å². The standard InChI is InChI=1S/C37H43F2N9O5S/c1-24(23-46-13-8-26(9-14-46)27-6-7-31-32(20-27)45(2)44-34(31)48-17-12-33(49)43-37(48)50)18-25-4-3-5-30(19-25)54(51,52)47-15-10-28(11-16-47)42-36-40-21-29(22-41-36)53-35(38)39/h3-7,19-22,26,28,35H,1,8-18,23H2,2H3,(H,40,41,42)(H,43,49,50). The lowest BCUT2D eigenvalue weighted by Crippen LogP contribution is -2.49. The molecule has 2 N–H and O–H groups in total. The average molecular weight is 764 g/mol. The summed E-state index contributed by atoms with van der Waals surface area (Å²) in [4.78, 5) is 36.3. The molecule has 0 aliphatic carbocycles. The number of piperidine rings is 2. The van der Waals surface area contributed by atoms with Crippen LogP contribution in [0, 0.1) is 0 Å². The lowest BCUT2D eigenvalue weighted by molar-refractivity contribution is -0.120. The molecule has 0 spiro atoms. The number of alkyl halides is 2. The quantitative estimate of drug-likeness (QED) is 0.195. The van der Waals surface area contributed by atoms with Crippen LogP contribution in [-0.4, -0.2) is 101 Å². The van der Waals surface area contributed by atoms with Crippen molar-refractivity contribution in [3.8, 4) is 5.75 Å². The number of hydrogen-bond acceptors (Lipinski definition) is 10. The molecular weight excluding hydrogens is 721 g/mol. The normalized spacial score (nSPS) is 18.3.